The lowest BCUT2D eigenvalue weighted by Crippen LogP contribution is -2.34. The van der Waals surface area contributed by atoms with Crippen LogP contribution in [-0.4, -0.2) is 25.3 Å². The van der Waals surface area contributed by atoms with Crippen LogP contribution in [0.2, 0.25) is 0 Å². The second-order valence-electron chi connectivity index (χ2n) is 5.69. The zero-order valence-corrected chi connectivity index (χ0v) is 13.8. The first-order valence-electron chi connectivity index (χ1n) is 7.90. The minimum Gasteiger partial charge on any atom is -0.337 e. The molecule has 0 bridgehead atoms. The van der Waals surface area contributed by atoms with Gasteiger partial charge < -0.3 is 9.47 Å². The van der Waals surface area contributed by atoms with Crippen molar-refractivity contribution >= 4 is 5.91 Å². The van der Waals surface area contributed by atoms with Crippen LogP contribution < -0.4 is 0 Å². The monoisotopic (exact) mass is 320 g/mol. The van der Waals surface area contributed by atoms with E-state index in [2.05, 4.69) is 9.97 Å². The Labute approximate surface area is 141 Å². The summed E-state index contributed by atoms with van der Waals surface area (Å²) in [6, 6.07) is 15.3. The molecular formula is C19H20N4O. The van der Waals surface area contributed by atoms with E-state index in [1.54, 1.807) is 29.4 Å². The smallest absolute Gasteiger partial charge is 0.273 e. The maximum absolute atomic E-state index is 13.0. The predicted molar refractivity (Wildman–Crippen MR) is 92.2 cm³/mol. The van der Waals surface area contributed by atoms with Gasteiger partial charge in [-0.15, -0.1) is 0 Å². The van der Waals surface area contributed by atoms with Gasteiger partial charge >= 0.3 is 0 Å². The molecule has 0 aliphatic rings. The van der Waals surface area contributed by atoms with Crippen LogP contribution in [0.4, 0.5) is 0 Å². The molecule has 2 heterocycles. The molecule has 122 valence electrons. The summed E-state index contributed by atoms with van der Waals surface area (Å²) in [5.41, 5.74) is 1.52. The van der Waals surface area contributed by atoms with Crippen LogP contribution in [-0.2, 0) is 13.6 Å². The Bertz CT molecular complexity index is 799. The van der Waals surface area contributed by atoms with E-state index in [1.165, 1.54) is 0 Å². The number of hydrogen-bond donors (Lipinski definition) is 0. The number of imidazole rings is 1. The maximum atomic E-state index is 13.0. The highest BCUT2D eigenvalue weighted by Gasteiger charge is 2.25. The molecule has 3 aromatic rings. The second kappa shape index (κ2) is 7.08. The first kappa shape index (κ1) is 15.9. The predicted octanol–water partition coefficient (Wildman–Crippen LogP) is 3.22. The van der Waals surface area contributed by atoms with Crippen molar-refractivity contribution in [2.75, 3.05) is 0 Å². The Morgan fingerprint density at radius 3 is 2.46 bits per heavy atom. The van der Waals surface area contributed by atoms with Gasteiger partial charge in [0.2, 0.25) is 0 Å². The van der Waals surface area contributed by atoms with Gasteiger partial charge in [-0.2, -0.15) is 0 Å². The van der Waals surface area contributed by atoms with Crippen LogP contribution in [0.15, 0.2) is 67.1 Å². The Balaban J connectivity index is 1.94. The summed E-state index contributed by atoms with van der Waals surface area (Å²) in [5, 5.41) is 0. The highest BCUT2D eigenvalue weighted by Crippen LogP contribution is 2.23. The van der Waals surface area contributed by atoms with Crippen molar-refractivity contribution in [2.45, 2.75) is 19.5 Å². The molecule has 24 heavy (non-hydrogen) atoms. The molecule has 0 aliphatic carbocycles. The second-order valence-corrected chi connectivity index (χ2v) is 5.69. The average Bonchev–Trinajstić information content (AvgIpc) is 3.05. The third-order valence-corrected chi connectivity index (χ3v) is 4.13. The fourth-order valence-corrected chi connectivity index (χ4v) is 2.63. The van der Waals surface area contributed by atoms with Crippen molar-refractivity contribution in [1.29, 1.82) is 0 Å². The number of nitrogens with zero attached hydrogens (tertiary/aromatic N) is 4. The van der Waals surface area contributed by atoms with Gasteiger partial charge in [0.05, 0.1) is 12.6 Å². The molecule has 0 aliphatic heterocycles. The van der Waals surface area contributed by atoms with Crippen molar-refractivity contribution in [2.24, 2.45) is 7.05 Å². The average molecular weight is 320 g/mol. The number of carbonyl (C=O) groups is 1. The maximum Gasteiger partial charge on any atom is 0.273 e. The molecule has 0 saturated carbocycles. The molecule has 0 spiro atoms. The van der Waals surface area contributed by atoms with E-state index in [1.807, 2.05) is 61.1 Å². The van der Waals surface area contributed by atoms with Gasteiger partial charge in [0.25, 0.3) is 5.91 Å². The number of amides is 1. The minimum atomic E-state index is -0.102. The molecule has 5 nitrogen and oxygen atoms in total. The Morgan fingerprint density at radius 1 is 1.08 bits per heavy atom. The fraction of sp³-hybridized carbons (Fsp3) is 0.211. The van der Waals surface area contributed by atoms with Gasteiger partial charge in [-0.1, -0.05) is 36.4 Å². The standard InChI is InChI=1S/C19H20N4O/c1-15(16-8-4-3-5-9-16)23(14-18-21-12-13-22(18)2)19(24)17-10-6-7-11-20-17/h3-13,15H,14H2,1-2H3/t15-/m0/s1. The molecule has 0 N–H and O–H groups in total. The van der Waals surface area contributed by atoms with Gasteiger partial charge in [0.1, 0.15) is 11.5 Å². The molecule has 1 amide bonds. The van der Waals surface area contributed by atoms with Gasteiger partial charge in [0.15, 0.2) is 0 Å². The lowest BCUT2D eigenvalue weighted by Gasteiger charge is -2.29. The molecule has 0 saturated heterocycles. The number of rotatable bonds is 5. The quantitative estimate of drug-likeness (QED) is 0.725. The number of carbonyl (C=O) groups excluding carboxylic acids is 1. The molecule has 1 aromatic carbocycles. The lowest BCUT2D eigenvalue weighted by atomic mass is 10.1. The minimum absolute atomic E-state index is 0.0857. The van der Waals surface area contributed by atoms with Gasteiger partial charge in [0, 0.05) is 25.6 Å². The zero-order valence-electron chi connectivity index (χ0n) is 13.8. The number of aryl methyl sites for hydroxylation is 1. The summed E-state index contributed by atoms with van der Waals surface area (Å²) in [7, 11) is 1.93. The number of hydrogen-bond acceptors (Lipinski definition) is 3. The number of benzene rings is 1. The van der Waals surface area contributed by atoms with Gasteiger partial charge in [-0.05, 0) is 24.6 Å². The van der Waals surface area contributed by atoms with E-state index in [4.69, 9.17) is 0 Å². The normalized spacial score (nSPS) is 11.9. The molecule has 0 fully saturated rings. The largest absolute Gasteiger partial charge is 0.337 e. The fourth-order valence-electron chi connectivity index (χ4n) is 2.63. The summed E-state index contributed by atoms with van der Waals surface area (Å²) in [6.45, 7) is 2.45. The van der Waals surface area contributed by atoms with Crippen LogP contribution in [0.3, 0.4) is 0 Å². The van der Waals surface area contributed by atoms with Crippen LogP contribution in [0.25, 0.3) is 0 Å². The molecule has 0 unspecified atom stereocenters. The highest BCUT2D eigenvalue weighted by atomic mass is 16.2. The van der Waals surface area contributed by atoms with Crippen LogP contribution >= 0.6 is 0 Å². The summed E-state index contributed by atoms with van der Waals surface area (Å²) in [6.07, 6.45) is 5.26. The van der Waals surface area contributed by atoms with E-state index < -0.39 is 0 Å². The third kappa shape index (κ3) is 3.35. The van der Waals surface area contributed by atoms with E-state index in [0.29, 0.717) is 12.2 Å². The molecule has 5 heteroatoms. The van der Waals surface area contributed by atoms with Gasteiger partial charge in [-0.3, -0.25) is 9.78 Å². The summed E-state index contributed by atoms with van der Waals surface area (Å²) >= 11 is 0. The zero-order chi connectivity index (χ0) is 16.9. The first-order chi connectivity index (χ1) is 11.7. The summed E-state index contributed by atoms with van der Waals surface area (Å²) in [5.74, 6) is 0.733. The topological polar surface area (TPSA) is 51.0 Å². The number of aromatic nitrogens is 3. The highest BCUT2D eigenvalue weighted by molar-refractivity contribution is 5.92. The SMILES string of the molecule is C[C@@H](c1ccccc1)N(Cc1nccn1C)C(=O)c1ccccn1. The van der Waals surface area contributed by atoms with Crippen molar-refractivity contribution in [3.05, 3.63) is 84.2 Å². The van der Waals surface area contributed by atoms with Crippen LogP contribution in [0.1, 0.15) is 34.8 Å². The van der Waals surface area contributed by atoms with Crippen molar-refractivity contribution in [1.82, 2.24) is 19.4 Å². The summed E-state index contributed by atoms with van der Waals surface area (Å²) < 4.78 is 1.93. The molecule has 2 aromatic heterocycles. The molecule has 3 rings (SSSR count). The Kier molecular flexibility index (Phi) is 4.70. The van der Waals surface area contributed by atoms with Crippen molar-refractivity contribution in [3.8, 4) is 0 Å². The Hall–Kier alpha value is -2.95. The molecule has 0 radical (unpaired) electrons. The van der Waals surface area contributed by atoms with E-state index in [0.717, 1.165) is 11.4 Å². The van der Waals surface area contributed by atoms with Crippen LogP contribution in [0, 0.1) is 0 Å². The first-order valence-corrected chi connectivity index (χ1v) is 7.90. The van der Waals surface area contributed by atoms with Crippen LogP contribution in [0.5, 0.6) is 0 Å². The Morgan fingerprint density at radius 2 is 1.83 bits per heavy atom. The number of pyridine rings is 1. The van der Waals surface area contributed by atoms with E-state index in [-0.39, 0.29) is 11.9 Å². The molecule has 1 atom stereocenters. The van der Waals surface area contributed by atoms with Gasteiger partial charge in [-0.25, -0.2) is 4.98 Å². The van der Waals surface area contributed by atoms with Crippen molar-refractivity contribution in [3.63, 3.8) is 0 Å². The summed E-state index contributed by atoms with van der Waals surface area (Å²) in [4.78, 5) is 23.4. The van der Waals surface area contributed by atoms with E-state index >= 15 is 0 Å². The lowest BCUT2D eigenvalue weighted by molar-refractivity contribution is 0.0660. The third-order valence-electron chi connectivity index (χ3n) is 4.13. The van der Waals surface area contributed by atoms with E-state index in [9.17, 15) is 4.79 Å². The van der Waals surface area contributed by atoms with Crippen molar-refractivity contribution < 1.29 is 4.79 Å². The molecular weight excluding hydrogens is 300 g/mol.